The molecule has 0 aliphatic rings. The number of likely N-dealkylation sites (N-methyl/N-ethyl adjacent to an activating group) is 1. The van der Waals surface area contributed by atoms with E-state index in [0.717, 1.165) is 11.1 Å². The van der Waals surface area contributed by atoms with Crippen molar-refractivity contribution in [2.45, 2.75) is 6.61 Å². The van der Waals surface area contributed by atoms with Gasteiger partial charge in [0.2, 0.25) is 0 Å². The van der Waals surface area contributed by atoms with Crippen molar-refractivity contribution in [3.63, 3.8) is 0 Å². The molecule has 3 aromatic carbocycles. The summed E-state index contributed by atoms with van der Waals surface area (Å²) in [7, 11) is 1.55. The lowest BCUT2D eigenvalue weighted by Crippen LogP contribution is -2.24. The van der Waals surface area contributed by atoms with Crippen LogP contribution >= 0.6 is 0 Å². The van der Waals surface area contributed by atoms with E-state index in [1.165, 1.54) is 6.08 Å². The van der Waals surface area contributed by atoms with Crippen LogP contribution in [0.2, 0.25) is 0 Å². The molecule has 0 heterocycles. The quantitative estimate of drug-likeness (QED) is 0.429. The van der Waals surface area contributed by atoms with E-state index in [0.29, 0.717) is 23.7 Å². The van der Waals surface area contributed by atoms with Gasteiger partial charge >= 0.3 is 0 Å². The fraction of sp³-hybridized carbons (Fsp3) is 0.120. The van der Waals surface area contributed by atoms with Crippen LogP contribution in [0.4, 0.5) is 0 Å². The third-order valence-corrected chi connectivity index (χ3v) is 4.36. The van der Waals surface area contributed by atoms with Crippen molar-refractivity contribution in [1.29, 1.82) is 0 Å². The van der Waals surface area contributed by atoms with E-state index >= 15 is 0 Å². The number of ether oxygens (including phenoxy) is 2. The number of hydrogen-bond donors (Lipinski definition) is 1. The number of ketones is 1. The summed E-state index contributed by atoms with van der Waals surface area (Å²) >= 11 is 0. The number of carbonyl (C=O) groups is 2. The van der Waals surface area contributed by atoms with Crippen LogP contribution in [-0.4, -0.2) is 25.3 Å². The van der Waals surface area contributed by atoms with Crippen LogP contribution in [0.25, 0.3) is 6.08 Å². The Kier molecular flexibility index (Phi) is 7.39. The van der Waals surface area contributed by atoms with E-state index in [2.05, 4.69) is 5.32 Å². The van der Waals surface area contributed by atoms with Crippen molar-refractivity contribution in [1.82, 2.24) is 5.32 Å². The fourth-order valence-corrected chi connectivity index (χ4v) is 2.68. The first-order valence-corrected chi connectivity index (χ1v) is 9.57. The van der Waals surface area contributed by atoms with Crippen molar-refractivity contribution >= 4 is 17.8 Å². The van der Waals surface area contributed by atoms with Crippen LogP contribution in [0.3, 0.4) is 0 Å². The van der Waals surface area contributed by atoms with E-state index in [4.69, 9.17) is 9.47 Å². The Labute approximate surface area is 176 Å². The highest BCUT2D eigenvalue weighted by Gasteiger charge is 2.06. The van der Waals surface area contributed by atoms with Gasteiger partial charge in [0.15, 0.2) is 12.4 Å². The van der Waals surface area contributed by atoms with Crippen LogP contribution in [-0.2, 0) is 11.4 Å². The minimum absolute atomic E-state index is 0.0660. The second-order valence-corrected chi connectivity index (χ2v) is 6.50. The number of para-hydroxylation sites is 1. The number of allylic oxidation sites excluding steroid dienone is 1. The number of benzene rings is 3. The Morgan fingerprint density at radius 3 is 2.30 bits per heavy atom. The van der Waals surface area contributed by atoms with Gasteiger partial charge in [-0.2, -0.15) is 0 Å². The molecule has 0 fully saturated rings. The van der Waals surface area contributed by atoms with E-state index in [1.807, 2.05) is 54.6 Å². The summed E-state index contributed by atoms with van der Waals surface area (Å²) < 4.78 is 11.3. The molecule has 0 aliphatic heterocycles. The zero-order valence-corrected chi connectivity index (χ0v) is 16.7. The molecule has 0 bridgehead atoms. The van der Waals surface area contributed by atoms with Crippen molar-refractivity contribution in [3.05, 3.63) is 102 Å². The normalized spacial score (nSPS) is 10.6. The summed E-state index contributed by atoms with van der Waals surface area (Å²) in [6.07, 6.45) is 3.27. The summed E-state index contributed by atoms with van der Waals surface area (Å²) in [5.74, 6) is 0.888. The lowest BCUT2D eigenvalue weighted by atomic mass is 10.1. The third kappa shape index (κ3) is 6.07. The first kappa shape index (κ1) is 20.9. The van der Waals surface area contributed by atoms with Gasteiger partial charge in [0.1, 0.15) is 18.1 Å². The highest BCUT2D eigenvalue weighted by Crippen LogP contribution is 2.21. The molecular formula is C25H23NO4. The van der Waals surface area contributed by atoms with Crippen LogP contribution in [0.15, 0.2) is 84.9 Å². The molecule has 30 heavy (non-hydrogen) atoms. The predicted molar refractivity (Wildman–Crippen MR) is 117 cm³/mol. The Balaban J connectivity index is 1.62. The van der Waals surface area contributed by atoms with Gasteiger partial charge in [-0.05, 0) is 48.0 Å². The maximum absolute atomic E-state index is 12.5. The topological polar surface area (TPSA) is 64.6 Å². The molecule has 1 amide bonds. The molecule has 0 aromatic heterocycles. The minimum Gasteiger partial charge on any atom is -0.488 e. The van der Waals surface area contributed by atoms with Gasteiger partial charge in [-0.15, -0.1) is 0 Å². The molecule has 0 saturated heterocycles. The van der Waals surface area contributed by atoms with Gasteiger partial charge in [0.25, 0.3) is 5.91 Å². The first-order chi connectivity index (χ1) is 14.7. The zero-order valence-electron chi connectivity index (χ0n) is 16.7. The largest absolute Gasteiger partial charge is 0.488 e. The maximum Gasteiger partial charge on any atom is 0.257 e. The molecule has 3 rings (SSSR count). The first-order valence-electron chi connectivity index (χ1n) is 9.57. The van der Waals surface area contributed by atoms with E-state index < -0.39 is 0 Å². The third-order valence-electron chi connectivity index (χ3n) is 4.36. The van der Waals surface area contributed by atoms with E-state index in [1.54, 1.807) is 37.4 Å². The minimum atomic E-state index is -0.216. The summed E-state index contributed by atoms with van der Waals surface area (Å²) in [5.41, 5.74) is 2.43. The van der Waals surface area contributed by atoms with E-state index in [9.17, 15) is 9.59 Å². The molecule has 1 N–H and O–H groups in total. The van der Waals surface area contributed by atoms with Crippen molar-refractivity contribution in [2.75, 3.05) is 13.7 Å². The lowest BCUT2D eigenvalue weighted by Gasteiger charge is -2.09. The van der Waals surface area contributed by atoms with Gasteiger partial charge in [-0.1, -0.05) is 48.5 Å². The number of carbonyl (C=O) groups excluding carboxylic acids is 2. The molecule has 0 spiro atoms. The zero-order chi connectivity index (χ0) is 21.2. The predicted octanol–water partition coefficient (Wildman–Crippen LogP) is 4.29. The highest BCUT2D eigenvalue weighted by atomic mass is 16.5. The Bertz CT molecular complexity index is 1010. The number of amides is 1. The Hall–Kier alpha value is -3.86. The standard InChI is InChI=1S/C25H23NO4/c1-26-25(28)18-29-22-14-11-20(12-15-22)23(27)16-13-21-9-5-6-10-24(21)30-17-19-7-3-2-4-8-19/h2-16H,17-18H2,1H3,(H,26,28)/b16-13+. The van der Waals surface area contributed by atoms with Gasteiger partial charge in [-0.25, -0.2) is 0 Å². The van der Waals surface area contributed by atoms with Gasteiger partial charge in [0.05, 0.1) is 0 Å². The van der Waals surface area contributed by atoms with Gasteiger partial charge in [-0.3, -0.25) is 9.59 Å². The summed E-state index contributed by atoms with van der Waals surface area (Å²) in [5, 5.41) is 2.48. The summed E-state index contributed by atoms with van der Waals surface area (Å²) in [6, 6.07) is 24.2. The van der Waals surface area contributed by atoms with Crippen LogP contribution < -0.4 is 14.8 Å². The Morgan fingerprint density at radius 1 is 0.867 bits per heavy atom. The summed E-state index contributed by atoms with van der Waals surface area (Å²) in [6.45, 7) is 0.390. The summed E-state index contributed by atoms with van der Waals surface area (Å²) in [4.78, 5) is 23.7. The molecule has 0 radical (unpaired) electrons. The smallest absolute Gasteiger partial charge is 0.257 e. The van der Waals surface area contributed by atoms with Crippen LogP contribution in [0, 0.1) is 0 Å². The molecule has 0 aliphatic carbocycles. The van der Waals surface area contributed by atoms with Crippen molar-refractivity contribution in [2.24, 2.45) is 0 Å². The number of nitrogens with one attached hydrogen (secondary N) is 1. The fourth-order valence-electron chi connectivity index (χ4n) is 2.68. The van der Waals surface area contributed by atoms with Crippen LogP contribution in [0.5, 0.6) is 11.5 Å². The van der Waals surface area contributed by atoms with Crippen molar-refractivity contribution in [3.8, 4) is 11.5 Å². The molecule has 5 nitrogen and oxygen atoms in total. The van der Waals surface area contributed by atoms with Crippen molar-refractivity contribution < 1.29 is 19.1 Å². The Morgan fingerprint density at radius 2 is 1.57 bits per heavy atom. The average Bonchev–Trinajstić information content (AvgIpc) is 2.81. The van der Waals surface area contributed by atoms with Gasteiger partial charge in [0, 0.05) is 18.2 Å². The molecule has 0 saturated carbocycles. The van der Waals surface area contributed by atoms with Crippen LogP contribution in [0.1, 0.15) is 21.5 Å². The molecule has 152 valence electrons. The number of rotatable bonds is 9. The monoisotopic (exact) mass is 401 g/mol. The SMILES string of the molecule is CNC(=O)COc1ccc(C(=O)/C=C/c2ccccc2OCc2ccccc2)cc1. The molecule has 0 unspecified atom stereocenters. The maximum atomic E-state index is 12.5. The van der Waals surface area contributed by atoms with Gasteiger partial charge < -0.3 is 14.8 Å². The molecule has 0 atom stereocenters. The highest BCUT2D eigenvalue weighted by molar-refractivity contribution is 6.07. The van der Waals surface area contributed by atoms with E-state index in [-0.39, 0.29) is 18.3 Å². The lowest BCUT2D eigenvalue weighted by molar-refractivity contribution is -0.122. The molecule has 5 heteroatoms. The molecule has 3 aromatic rings. The average molecular weight is 401 g/mol. The second-order valence-electron chi connectivity index (χ2n) is 6.50. The number of hydrogen-bond acceptors (Lipinski definition) is 4. The molecular weight excluding hydrogens is 378 g/mol. The second kappa shape index (κ2) is 10.6.